The van der Waals surface area contributed by atoms with Gasteiger partial charge in [-0.15, -0.1) is 0 Å². The highest BCUT2D eigenvalue weighted by Gasteiger charge is 2.22. The summed E-state index contributed by atoms with van der Waals surface area (Å²) in [6, 6.07) is 0.672. The Kier molecular flexibility index (Phi) is 5.91. The van der Waals surface area contributed by atoms with E-state index in [4.69, 9.17) is 5.11 Å². The third-order valence-electron chi connectivity index (χ3n) is 3.08. The fourth-order valence-electron chi connectivity index (χ4n) is 2.38. The van der Waals surface area contributed by atoms with Crippen molar-refractivity contribution < 1.29 is 5.11 Å². The van der Waals surface area contributed by atoms with Gasteiger partial charge in [0.25, 0.3) is 0 Å². The zero-order valence-corrected chi connectivity index (χ0v) is 9.84. The van der Waals surface area contributed by atoms with Crippen LogP contribution in [0, 0.1) is 0 Å². The number of likely N-dealkylation sites (N-methyl/N-ethyl adjacent to an activating group) is 1. The van der Waals surface area contributed by atoms with Crippen molar-refractivity contribution in [2.24, 2.45) is 0 Å². The SMILES string of the molecule is C=C(CNC)CN(CCO)C1CCCC1. The number of nitrogens with zero attached hydrogens (tertiary/aromatic N) is 1. The van der Waals surface area contributed by atoms with Gasteiger partial charge in [-0.25, -0.2) is 0 Å². The molecule has 88 valence electrons. The summed E-state index contributed by atoms with van der Waals surface area (Å²) in [6.07, 6.45) is 5.25. The highest BCUT2D eigenvalue weighted by molar-refractivity contribution is 5.00. The van der Waals surface area contributed by atoms with Crippen LogP contribution in [0.1, 0.15) is 25.7 Å². The van der Waals surface area contributed by atoms with E-state index in [0.717, 1.165) is 19.6 Å². The maximum Gasteiger partial charge on any atom is 0.0558 e. The van der Waals surface area contributed by atoms with Crippen LogP contribution in [0.3, 0.4) is 0 Å². The molecule has 0 aromatic rings. The number of nitrogens with one attached hydrogen (secondary N) is 1. The molecule has 0 saturated heterocycles. The van der Waals surface area contributed by atoms with Gasteiger partial charge >= 0.3 is 0 Å². The van der Waals surface area contributed by atoms with Crippen LogP contribution in [-0.2, 0) is 0 Å². The van der Waals surface area contributed by atoms with Crippen LogP contribution in [0.15, 0.2) is 12.2 Å². The molecule has 0 unspecified atom stereocenters. The molecular formula is C12H24N2O. The molecule has 3 heteroatoms. The number of rotatable bonds is 7. The van der Waals surface area contributed by atoms with Crippen LogP contribution >= 0.6 is 0 Å². The van der Waals surface area contributed by atoms with Gasteiger partial charge in [0.15, 0.2) is 0 Å². The van der Waals surface area contributed by atoms with Crippen molar-refractivity contribution in [2.45, 2.75) is 31.7 Å². The van der Waals surface area contributed by atoms with Crippen molar-refractivity contribution in [1.82, 2.24) is 10.2 Å². The van der Waals surface area contributed by atoms with Gasteiger partial charge in [-0.1, -0.05) is 19.4 Å². The average molecular weight is 212 g/mol. The van der Waals surface area contributed by atoms with Gasteiger partial charge < -0.3 is 10.4 Å². The van der Waals surface area contributed by atoms with E-state index >= 15 is 0 Å². The van der Waals surface area contributed by atoms with Crippen molar-refractivity contribution in [3.8, 4) is 0 Å². The molecule has 0 aromatic heterocycles. The van der Waals surface area contributed by atoms with Gasteiger partial charge in [-0.2, -0.15) is 0 Å². The van der Waals surface area contributed by atoms with Crippen molar-refractivity contribution >= 4 is 0 Å². The smallest absolute Gasteiger partial charge is 0.0558 e. The lowest BCUT2D eigenvalue weighted by molar-refractivity contribution is 0.162. The van der Waals surface area contributed by atoms with E-state index in [-0.39, 0.29) is 6.61 Å². The highest BCUT2D eigenvalue weighted by Crippen LogP contribution is 2.23. The first-order chi connectivity index (χ1) is 7.27. The van der Waals surface area contributed by atoms with Crippen LogP contribution in [-0.4, -0.2) is 49.3 Å². The molecule has 0 atom stereocenters. The molecular weight excluding hydrogens is 188 g/mol. The zero-order valence-electron chi connectivity index (χ0n) is 9.84. The number of aliphatic hydroxyl groups is 1. The van der Waals surface area contributed by atoms with E-state index in [1.165, 1.54) is 31.3 Å². The molecule has 0 amide bonds. The Bertz CT molecular complexity index is 188. The first-order valence-electron chi connectivity index (χ1n) is 5.94. The molecule has 0 aliphatic heterocycles. The lowest BCUT2D eigenvalue weighted by atomic mass is 10.1. The summed E-state index contributed by atoms with van der Waals surface area (Å²) in [5.74, 6) is 0. The maximum absolute atomic E-state index is 9.05. The average Bonchev–Trinajstić information content (AvgIpc) is 2.70. The van der Waals surface area contributed by atoms with Gasteiger partial charge in [0.1, 0.15) is 0 Å². The largest absolute Gasteiger partial charge is 0.395 e. The monoisotopic (exact) mass is 212 g/mol. The van der Waals surface area contributed by atoms with Gasteiger partial charge in [0.2, 0.25) is 0 Å². The Balaban J connectivity index is 2.38. The van der Waals surface area contributed by atoms with E-state index in [2.05, 4.69) is 16.8 Å². The minimum absolute atomic E-state index is 0.253. The second-order valence-electron chi connectivity index (χ2n) is 4.41. The molecule has 2 N–H and O–H groups in total. The number of hydrogen-bond acceptors (Lipinski definition) is 3. The van der Waals surface area contributed by atoms with Crippen molar-refractivity contribution in [2.75, 3.05) is 33.3 Å². The third kappa shape index (κ3) is 4.33. The van der Waals surface area contributed by atoms with Crippen molar-refractivity contribution in [3.63, 3.8) is 0 Å². The maximum atomic E-state index is 9.05. The summed E-state index contributed by atoms with van der Waals surface area (Å²) in [6.45, 7) is 6.88. The summed E-state index contributed by atoms with van der Waals surface area (Å²) < 4.78 is 0. The van der Waals surface area contributed by atoms with Crippen LogP contribution in [0.2, 0.25) is 0 Å². The molecule has 0 aromatic carbocycles. The van der Waals surface area contributed by atoms with Gasteiger partial charge in [0, 0.05) is 25.7 Å². The van der Waals surface area contributed by atoms with E-state index in [9.17, 15) is 0 Å². The molecule has 3 nitrogen and oxygen atoms in total. The van der Waals surface area contributed by atoms with Crippen LogP contribution in [0.5, 0.6) is 0 Å². The summed E-state index contributed by atoms with van der Waals surface area (Å²) in [5, 5.41) is 12.2. The Labute approximate surface area is 93.2 Å². The quantitative estimate of drug-likeness (QED) is 0.618. The standard InChI is InChI=1S/C12H24N2O/c1-11(9-13-2)10-14(7-8-15)12-5-3-4-6-12/h12-13,15H,1,3-10H2,2H3. The molecule has 15 heavy (non-hydrogen) atoms. The van der Waals surface area contributed by atoms with Crippen LogP contribution in [0.25, 0.3) is 0 Å². The first-order valence-corrected chi connectivity index (χ1v) is 5.94. The summed E-state index contributed by atoms with van der Waals surface area (Å²) >= 11 is 0. The van der Waals surface area contributed by atoms with Gasteiger partial charge in [0.05, 0.1) is 6.61 Å². The molecule has 1 aliphatic carbocycles. The van der Waals surface area contributed by atoms with E-state index < -0.39 is 0 Å². The van der Waals surface area contributed by atoms with E-state index in [0.29, 0.717) is 6.04 Å². The first kappa shape index (κ1) is 12.7. The molecule has 0 spiro atoms. The molecule has 1 rings (SSSR count). The molecule has 1 fully saturated rings. The Morgan fingerprint density at radius 2 is 2.13 bits per heavy atom. The molecule has 1 saturated carbocycles. The van der Waals surface area contributed by atoms with Gasteiger partial charge in [-0.05, 0) is 25.5 Å². The second kappa shape index (κ2) is 6.99. The lowest BCUT2D eigenvalue weighted by Crippen LogP contribution is -2.38. The fourth-order valence-corrected chi connectivity index (χ4v) is 2.38. The van der Waals surface area contributed by atoms with E-state index in [1.54, 1.807) is 0 Å². The topological polar surface area (TPSA) is 35.5 Å². The summed E-state index contributed by atoms with van der Waals surface area (Å²) in [7, 11) is 1.94. The highest BCUT2D eigenvalue weighted by atomic mass is 16.3. The van der Waals surface area contributed by atoms with Crippen molar-refractivity contribution in [3.05, 3.63) is 12.2 Å². The normalized spacial score (nSPS) is 17.5. The minimum Gasteiger partial charge on any atom is -0.395 e. The number of hydrogen-bond donors (Lipinski definition) is 2. The van der Waals surface area contributed by atoms with Crippen molar-refractivity contribution in [1.29, 1.82) is 0 Å². The Hall–Kier alpha value is -0.380. The predicted octanol–water partition coefficient (Wildman–Crippen LogP) is 0.999. The summed E-state index contributed by atoms with van der Waals surface area (Å²) in [5.41, 5.74) is 1.21. The minimum atomic E-state index is 0.253. The Morgan fingerprint density at radius 1 is 1.47 bits per heavy atom. The molecule has 0 radical (unpaired) electrons. The van der Waals surface area contributed by atoms with Crippen LogP contribution in [0.4, 0.5) is 0 Å². The third-order valence-corrected chi connectivity index (χ3v) is 3.08. The van der Waals surface area contributed by atoms with Crippen LogP contribution < -0.4 is 5.32 Å². The Morgan fingerprint density at radius 3 is 2.67 bits per heavy atom. The van der Waals surface area contributed by atoms with Gasteiger partial charge in [-0.3, -0.25) is 4.90 Å². The molecule has 0 bridgehead atoms. The lowest BCUT2D eigenvalue weighted by Gasteiger charge is -2.28. The molecule has 1 aliphatic rings. The predicted molar refractivity (Wildman–Crippen MR) is 64.0 cm³/mol. The number of aliphatic hydroxyl groups excluding tert-OH is 1. The summed E-state index contributed by atoms with van der Waals surface area (Å²) in [4.78, 5) is 2.38. The zero-order chi connectivity index (χ0) is 11.1. The molecule has 0 heterocycles. The fraction of sp³-hybridized carbons (Fsp3) is 0.833. The van der Waals surface area contributed by atoms with E-state index in [1.807, 2.05) is 7.05 Å². The second-order valence-corrected chi connectivity index (χ2v) is 4.41.